The number of halogens is 3. The number of aryl methyl sites for hydroxylation is 1. The minimum Gasteiger partial charge on any atom is -0.760 e. The van der Waals surface area contributed by atoms with Crippen LogP contribution in [0.15, 0.2) is 28.8 Å². The molecule has 3 atom stereocenters. The number of ether oxygens (including phenoxy) is 1. The fourth-order valence-electron chi connectivity index (χ4n) is 3.68. The van der Waals surface area contributed by atoms with E-state index in [2.05, 4.69) is 9.88 Å². The van der Waals surface area contributed by atoms with Crippen LogP contribution in [0.2, 0.25) is 0 Å². The van der Waals surface area contributed by atoms with E-state index in [0.717, 1.165) is 0 Å². The third kappa shape index (κ3) is 6.03. The Balaban J connectivity index is 1.63. The largest absolute Gasteiger partial charge is 0.760 e. The smallest absolute Gasteiger partial charge is 0.248 e. The van der Waals surface area contributed by atoms with Crippen molar-refractivity contribution in [3.63, 3.8) is 0 Å². The summed E-state index contributed by atoms with van der Waals surface area (Å²) in [6.45, 7) is 1.89. The molecule has 0 bridgehead atoms. The van der Waals surface area contributed by atoms with Gasteiger partial charge < -0.3 is 13.8 Å². The van der Waals surface area contributed by atoms with Crippen LogP contribution < -0.4 is 9.46 Å². The molecule has 29 heavy (non-hydrogen) atoms. The van der Waals surface area contributed by atoms with Crippen LogP contribution in [-0.4, -0.2) is 33.0 Å². The van der Waals surface area contributed by atoms with Gasteiger partial charge in [0.1, 0.15) is 23.0 Å². The third-order valence-corrected chi connectivity index (χ3v) is 5.59. The van der Waals surface area contributed by atoms with Gasteiger partial charge in [-0.2, -0.15) is 0 Å². The van der Waals surface area contributed by atoms with Crippen LogP contribution in [0.5, 0.6) is 5.75 Å². The molecule has 0 aliphatic heterocycles. The molecule has 6 nitrogen and oxygen atoms in total. The lowest BCUT2D eigenvalue weighted by molar-refractivity contribution is -0.0776. The quantitative estimate of drug-likeness (QED) is 0.639. The SMILES string of the molecule is Cc1cc(-c2ccc(OC[C@@H]3CC(F)(F)CC[C@H]3CCNS(=O)[O-])cc2F)no1. The van der Waals surface area contributed by atoms with Gasteiger partial charge in [-0.15, -0.1) is 0 Å². The highest BCUT2D eigenvalue weighted by Crippen LogP contribution is 2.41. The minimum absolute atomic E-state index is 0.00256. The molecule has 10 heteroatoms. The fraction of sp³-hybridized carbons (Fsp3) is 0.526. The van der Waals surface area contributed by atoms with Crippen LogP contribution >= 0.6 is 0 Å². The van der Waals surface area contributed by atoms with E-state index in [9.17, 15) is 21.9 Å². The molecule has 1 unspecified atom stereocenters. The van der Waals surface area contributed by atoms with Crippen LogP contribution in [0.3, 0.4) is 0 Å². The Hall–Kier alpha value is -1.91. The maximum absolute atomic E-state index is 14.4. The maximum Gasteiger partial charge on any atom is 0.248 e. The summed E-state index contributed by atoms with van der Waals surface area (Å²) in [5, 5.41) is 3.77. The van der Waals surface area contributed by atoms with E-state index in [0.29, 0.717) is 17.9 Å². The molecular formula is C19H22F3N2O4S-. The lowest BCUT2D eigenvalue weighted by atomic mass is 9.76. The summed E-state index contributed by atoms with van der Waals surface area (Å²) in [4.78, 5) is 0. The van der Waals surface area contributed by atoms with Crippen molar-refractivity contribution in [3.05, 3.63) is 35.8 Å². The van der Waals surface area contributed by atoms with E-state index in [1.54, 1.807) is 19.1 Å². The van der Waals surface area contributed by atoms with Crippen molar-refractivity contribution in [1.29, 1.82) is 0 Å². The normalized spacial score (nSPS) is 22.4. The molecular weight excluding hydrogens is 409 g/mol. The topological polar surface area (TPSA) is 87.4 Å². The number of benzene rings is 1. The predicted octanol–water partition coefficient (Wildman–Crippen LogP) is 3.99. The Morgan fingerprint density at radius 1 is 1.38 bits per heavy atom. The van der Waals surface area contributed by atoms with Gasteiger partial charge in [-0.3, -0.25) is 4.21 Å². The highest BCUT2D eigenvalue weighted by atomic mass is 32.2. The Morgan fingerprint density at radius 2 is 2.17 bits per heavy atom. The molecule has 1 aliphatic rings. The monoisotopic (exact) mass is 431 g/mol. The Bertz CT molecular complexity index is 862. The zero-order valence-electron chi connectivity index (χ0n) is 15.8. The van der Waals surface area contributed by atoms with Crippen LogP contribution in [0, 0.1) is 24.6 Å². The molecule has 1 N–H and O–H groups in total. The molecule has 1 aromatic heterocycles. The molecule has 0 saturated heterocycles. The summed E-state index contributed by atoms with van der Waals surface area (Å²) in [5.41, 5.74) is 0.620. The minimum atomic E-state index is -2.78. The molecule has 1 fully saturated rings. The van der Waals surface area contributed by atoms with E-state index in [1.807, 2.05) is 0 Å². The fourth-order valence-corrected chi connectivity index (χ4v) is 3.96. The second-order valence-corrected chi connectivity index (χ2v) is 8.07. The van der Waals surface area contributed by atoms with Gasteiger partial charge in [-0.1, -0.05) is 5.16 Å². The van der Waals surface area contributed by atoms with Crippen molar-refractivity contribution in [2.24, 2.45) is 11.8 Å². The van der Waals surface area contributed by atoms with Crippen LogP contribution in [0.25, 0.3) is 11.3 Å². The number of hydrogen-bond donors (Lipinski definition) is 1. The van der Waals surface area contributed by atoms with Crippen molar-refractivity contribution >= 4 is 11.3 Å². The highest BCUT2D eigenvalue weighted by Gasteiger charge is 2.41. The molecule has 1 heterocycles. The summed E-state index contributed by atoms with van der Waals surface area (Å²) in [7, 11) is 0. The van der Waals surface area contributed by atoms with Crippen LogP contribution in [-0.2, 0) is 11.3 Å². The number of alkyl halides is 2. The van der Waals surface area contributed by atoms with Crippen molar-refractivity contribution < 1.29 is 31.2 Å². The molecule has 2 aromatic rings. The summed E-state index contributed by atoms with van der Waals surface area (Å²) in [6.07, 6.45) is 0.163. The van der Waals surface area contributed by atoms with Gasteiger partial charge in [0.15, 0.2) is 0 Å². The predicted molar refractivity (Wildman–Crippen MR) is 99.4 cm³/mol. The van der Waals surface area contributed by atoms with Gasteiger partial charge in [0, 0.05) is 54.3 Å². The lowest BCUT2D eigenvalue weighted by Gasteiger charge is -2.36. The van der Waals surface area contributed by atoms with Gasteiger partial charge in [0.2, 0.25) is 5.92 Å². The number of hydrogen-bond acceptors (Lipinski definition) is 5. The Kier molecular flexibility index (Phi) is 6.97. The zero-order chi connectivity index (χ0) is 21.0. The van der Waals surface area contributed by atoms with E-state index < -0.39 is 28.9 Å². The number of aromatic nitrogens is 1. The zero-order valence-corrected chi connectivity index (χ0v) is 16.6. The van der Waals surface area contributed by atoms with Crippen LogP contribution in [0.4, 0.5) is 13.2 Å². The molecule has 1 aliphatic carbocycles. The second kappa shape index (κ2) is 9.27. The van der Waals surface area contributed by atoms with Crippen molar-refractivity contribution in [2.75, 3.05) is 13.2 Å². The first-order chi connectivity index (χ1) is 13.7. The molecule has 1 saturated carbocycles. The van der Waals surface area contributed by atoms with Gasteiger partial charge in [0.25, 0.3) is 0 Å². The van der Waals surface area contributed by atoms with E-state index in [-0.39, 0.29) is 49.6 Å². The first-order valence-electron chi connectivity index (χ1n) is 9.30. The average Bonchev–Trinajstić information content (AvgIpc) is 3.07. The first kappa shape index (κ1) is 21.8. The molecule has 0 radical (unpaired) electrons. The van der Waals surface area contributed by atoms with Crippen molar-refractivity contribution in [3.8, 4) is 17.0 Å². The average molecular weight is 431 g/mol. The van der Waals surface area contributed by atoms with E-state index in [1.165, 1.54) is 12.1 Å². The van der Waals surface area contributed by atoms with Gasteiger partial charge in [0.05, 0.1) is 6.61 Å². The standard InChI is InChI=1S/C19H23F3N2O4S/c1-12-8-18(24-28-12)16-3-2-15(9-17(16)20)27-11-14-10-19(21,22)6-4-13(14)5-7-23-29(25)26/h2-3,8-9,13-14,23H,4-7,10-11H2,1H3,(H,25,26)/p-1/t13-,14-/m0/s1. The number of rotatable bonds is 8. The lowest BCUT2D eigenvalue weighted by Crippen LogP contribution is -2.37. The molecule has 0 amide bonds. The molecule has 3 rings (SSSR count). The molecule has 160 valence electrons. The number of nitrogens with zero attached hydrogens (tertiary/aromatic N) is 1. The van der Waals surface area contributed by atoms with Gasteiger partial charge in [-0.05, 0) is 37.8 Å². The van der Waals surface area contributed by atoms with Gasteiger partial charge in [-0.25, -0.2) is 17.9 Å². The van der Waals surface area contributed by atoms with E-state index >= 15 is 0 Å². The van der Waals surface area contributed by atoms with Crippen molar-refractivity contribution in [2.45, 2.75) is 38.5 Å². The van der Waals surface area contributed by atoms with Crippen molar-refractivity contribution in [1.82, 2.24) is 9.88 Å². The second-order valence-electron chi connectivity index (χ2n) is 7.31. The van der Waals surface area contributed by atoms with Gasteiger partial charge >= 0.3 is 0 Å². The highest BCUT2D eigenvalue weighted by molar-refractivity contribution is 7.77. The Labute approximate surface area is 169 Å². The summed E-state index contributed by atoms with van der Waals surface area (Å²) < 4.78 is 76.2. The number of nitrogens with one attached hydrogen (secondary N) is 1. The van der Waals surface area contributed by atoms with Crippen LogP contribution in [0.1, 0.15) is 31.4 Å². The summed E-state index contributed by atoms with van der Waals surface area (Å²) >= 11 is -2.38. The molecule has 1 aromatic carbocycles. The summed E-state index contributed by atoms with van der Waals surface area (Å²) in [5.74, 6) is -3.10. The Morgan fingerprint density at radius 3 is 2.83 bits per heavy atom. The molecule has 0 spiro atoms. The first-order valence-corrected chi connectivity index (χ1v) is 10.4. The maximum atomic E-state index is 14.4. The third-order valence-electron chi connectivity index (χ3n) is 5.15. The summed E-state index contributed by atoms with van der Waals surface area (Å²) in [6, 6.07) is 5.86. The van der Waals surface area contributed by atoms with E-state index in [4.69, 9.17) is 9.26 Å².